The summed E-state index contributed by atoms with van der Waals surface area (Å²) in [5.74, 6) is -0.723. The van der Waals surface area contributed by atoms with Crippen molar-refractivity contribution in [2.45, 2.75) is 52.0 Å². The van der Waals surface area contributed by atoms with E-state index in [2.05, 4.69) is 20.8 Å². The number of carboxylic acids is 1. The lowest BCUT2D eigenvalue weighted by molar-refractivity contribution is -0.139. The second kappa shape index (κ2) is 8.00. The smallest absolute Gasteiger partial charge is 0.317 e. The van der Waals surface area contributed by atoms with Crippen LogP contribution in [0, 0.1) is 0 Å². The molecule has 5 heteroatoms. The minimum atomic E-state index is -0.792. The molecule has 5 nitrogen and oxygen atoms in total. The van der Waals surface area contributed by atoms with E-state index in [1.54, 1.807) is 0 Å². The molecular weight excluding hydrogens is 316 g/mol. The summed E-state index contributed by atoms with van der Waals surface area (Å²) < 4.78 is 0. The number of hydrogen-bond donors (Lipinski definition) is 1. The van der Waals surface area contributed by atoms with Crippen molar-refractivity contribution in [3.63, 3.8) is 0 Å². The van der Waals surface area contributed by atoms with Gasteiger partial charge >= 0.3 is 5.97 Å². The lowest BCUT2D eigenvalue weighted by Gasteiger charge is -2.37. The topological polar surface area (TPSA) is 60.9 Å². The lowest BCUT2D eigenvalue weighted by Crippen LogP contribution is -2.48. The van der Waals surface area contributed by atoms with Gasteiger partial charge in [-0.3, -0.25) is 14.5 Å². The van der Waals surface area contributed by atoms with Crippen LogP contribution in [-0.4, -0.2) is 59.0 Å². The summed E-state index contributed by atoms with van der Waals surface area (Å²) in [6.45, 7) is 10.6. The predicted molar refractivity (Wildman–Crippen MR) is 99.0 cm³/mol. The molecule has 1 heterocycles. The minimum absolute atomic E-state index is 0.0696. The Labute approximate surface area is 150 Å². The number of piperidine rings is 1. The number of carbonyl (C=O) groups is 2. The number of carbonyl (C=O) groups excluding carboxylic acids is 1. The van der Waals surface area contributed by atoms with Gasteiger partial charge in [0, 0.05) is 24.7 Å². The van der Waals surface area contributed by atoms with Gasteiger partial charge in [0.15, 0.2) is 0 Å². The van der Waals surface area contributed by atoms with Crippen LogP contribution in [0.3, 0.4) is 0 Å². The zero-order valence-electron chi connectivity index (χ0n) is 15.8. The summed E-state index contributed by atoms with van der Waals surface area (Å²) in [5.41, 5.74) is 2.02. The van der Waals surface area contributed by atoms with E-state index in [4.69, 9.17) is 5.11 Å². The average Bonchev–Trinajstić information content (AvgIpc) is 2.58. The van der Waals surface area contributed by atoms with E-state index in [1.165, 1.54) is 5.56 Å². The average molecular weight is 346 g/mol. The zero-order valence-corrected chi connectivity index (χ0v) is 15.8. The van der Waals surface area contributed by atoms with Crippen molar-refractivity contribution in [3.8, 4) is 0 Å². The fraction of sp³-hybridized carbons (Fsp3) is 0.600. The molecule has 138 valence electrons. The molecule has 1 saturated heterocycles. The van der Waals surface area contributed by atoms with Gasteiger partial charge in [0.05, 0.1) is 6.54 Å². The van der Waals surface area contributed by atoms with Crippen molar-refractivity contribution < 1.29 is 14.7 Å². The molecule has 0 radical (unpaired) electrons. The Balaban J connectivity index is 1.96. The third-order valence-electron chi connectivity index (χ3n) is 5.01. The summed E-state index contributed by atoms with van der Waals surface area (Å²) in [6.07, 6.45) is 1.65. The predicted octanol–water partition coefficient (Wildman–Crippen LogP) is 3.00. The Hall–Kier alpha value is -1.88. The van der Waals surface area contributed by atoms with Crippen molar-refractivity contribution in [3.05, 3.63) is 35.4 Å². The van der Waals surface area contributed by atoms with E-state index in [-0.39, 0.29) is 23.9 Å². The normalized spacial score (nSPS) is 16.3. The van der Waals surface area contributed by atoms with Crippen LogP contribution in [0.1, 0.15) is 56.5 Å². The van der Waals surface area contributed by atoms with E-state index in [9.17, 15) is 9.59 Å². The van der Waals surface area contributed by atoms with Gasteiger partial charge in [-0.05, 0) is 42.5 Å². The number of likely N-dealkylation sites (N-methyl/N-ethyl adjacent to an activating group) is 1. The summed E-state index contributed by atoms with van der Waals surface area (Å²) in [4.78, 5) is 27.5. The molecule has 0 saturated carbocycles. The third kappa shape index (κ3) is 5.05. The van der Waals surface area contributed by atoms with E-state index in [0.717, 1.165) is 24.9 Å². The van der Waals surface area contributed by atoms with Gasteiger partial charge in [-0.1, -0.05) is 39.8 Å². The standard InChI is InChI=1S/C20H30N2O3/c1-5-21(14-18(23)24)17-10-12-22(13-11-17)19(25)15-6-8-16(9-7-15)20(2,3)4/h6-9,17H,5,10-14H2,1-4H3,(H,23,24). The van der Waals surface area contributed by atoms with Gasteiger partial charge in [-0.15, -0.1) is 0 Å². The van der Waals surface area contributed by atoms with Gasteiger partial charge in [-0.2, -0.15) is 0 Å². The molecule has 25 heavy (non-hydrogen) atoms. The van der Waals surface area contributed by atoms with Crippen LogP contribution < -0.4 is 0 Å². The Morgan fingerprint density at radius 1 is 1.16 bits per heavy atom. The Morgan fingerprint density at radius 2 is 1.72 bits per heavy atom. The fourth-order valence-corrected chi connectivity index (χ4v) is 3.40. The van der Waals surface area contributed by atoms with Gasteiger partial charge in [0.2, 0.25) is 0 Å². The number of amides is 1. The van der Waals surface area contributed by atoms with Gasteiger partial charge < -0.3 is 10.0 Å². The van der Waals surface area contributed by atoms with Crippen molar-refractivity contribution in [2.75, 3.05) is 26.2 Å². The van der Waals surface area contributed by atoms with E-state index < -0.39 is 5.97 Å². The van der Waals surface area contributed by atoms with Gasteiger partial charge in [-0.25, -0.2) is 0 Å². The molecule has 1 aromatic carbocycles. The molecular formula is C20H30N2O3. The van der Waals surface area contributed by atoms with Crippen LogP contribution in [0.25, 0.3) is 0 Å². The molecule has 0 bridgehead atoms. The lowest BCUT2D eigenvalue weighted by atomic mass is 9.86. The Kier molecular flexibility index (Phi) is 6.22. The SMILES string of the molecule is CCN(CC(=O)O)C1CCN(C(=O)c2ccc(C(C)(C)C)cc2)CC1. The second-order valence-corrected chi connectivity index (χ2v) is 7.81. The molecule has 1 aliphatic rings. The maximum absolute atomic E-state index is 12.7. The summed E-state index contributed by atoms with van der Waals surface area (Å²) in [7, 11) is 0. The highest BCUT2D eigenvalue weighted by Gasteiger charge is 2.27. The molecule has 2 rings (SSSR count). The first-order valence-electron chi connectivity index (χ1n) is 9.08. The molecule has 0 atom stereocenters. The molecule has 1 aliphatic heterocycles. The largest absolute Gasteiger partial charge is 0.480 e. The molecule has 1 fully saturated rings. The van der Waals surface area contributed by atoms with Gasteiger partial charge in [0.1, 0.15) is 0 Å². The van der Waals surface area contributed by atoms with Crippen LogP contribution in [0.4, 0.5) is 0 Å². The number of rotatable bonds is 5. The quantitative estimate of drug-likeness (QED) is 0.890. The van der Waals surface area contributed by atoms with E-state index >= 15 is 0 Å². The number of likely N-dealkylation sites (tertiary alicyclic amines) is 1. The number of hydrogen-bond acceptors (Lipinski definition) is 3. The maximum Gasteiger partial charge on any atom is 0.317 e. The maximum atomic E-state index is 12.7. The highest BCUT2D eigenvalue weighted by Crippen LogP contribution is 2.23. The Morgan fingerprint density at radius 3 is 2.16 bits per heavy atom. The van der Waals surface area contributed by atoms with Crippen molar-refractivity contribution >= 4 is 11.9 Å². The highest BCUT2D eigenvalue weighted by atomic mass is 16.4. The van der Waals surface area contributed by atoms with Crippen LogP contribution in [0.15, 0.2) is 24.3 Å². The van der Waals surface area contributed by atoms with Crippen LogP contribution in [-0.2, 0) is 10.2 Å². The molecule has 0 unspecified atom stereocenters. The Bertz CT molecular complexity index is 596. The molecule has 1 amide bonds. The van der Waals surface area contributed by atoms with E-state index in [1.807, 2.05) is 41.0 Å². The van der Waals surface area contributed by atoms with Crippen molar-refractivity contribution in [1.29, 1.82) is 0 Å². The summed E-state index contributed by atoms with van der Waals surface area (Å²) in [5, 5.41) is 9.01. The van der Waals surface area contributed by atoms with Crippen LogP contribution in [0.5, 0.6) is 0 Å². The third-order valence-corrected chi connectivity index (χ3v) is 5.01. The number of nitrogens with zero attached hydrogens (tertiary/aromatic N) is 2. The minimum Gasteiger partial charge on any atom is -0.480 e. The second-order valence-electron chi connectivity index (χ2n) is 7.81. The highest BCUT2D eigenvalue weighted by molar-refractivity contribution is 5.94. The van der Waals surface area contributed by atoms with Gasteiger partial charge in [0.25, 0.3) is 5.91 Å². The number of carboxylic acid groups (broad SMARTS) is 1. The van der Waals surface area contributed by atoms with Crippen LogP contribution in [0.2, 0.25) is 0 Å². The van der Waals surface area contributed by atoms with Crippen LogP contribution >= 0.6 is 0 Å². The monoisotopic (exact) mass is 346 g/mol. The molecule has 0 spiro atoms. The van der Waals surface area contributed by atoms with E-state index in [0.29, 0.717) is 13.1 Å². The number of aliphatic carboxylic acids is 1. The molecule has 1 aromatic rings. The van der Waals surface area contributed by atoms with Crippen molar-refractivity contribution in [2.24, 2.45) is 0 Å². The van der Waals surface area contributed by atoms with Crippen molar-refractivity contribution in [1.82, 2.24) is 9.80 Å². The first-order chi connectivity index (χ1) is 11.7. The first kappa shape index (κ1) is 19.4. The molecule has 0 aromatic heterocycles. The first-order valence-corrected chi connectivity index (χ1v) is 9.08. The molecule has 0 aliphatic carbocycles. The fourth-order valence-electron chi connectivity index (χ4n) is 3.40. The molecule has 1 N–H and O–H groups in total. The summed E-state index contributed by atoms with van der Waals surface area (Å²) in [6, 6.07) is 8.14. The summed E-state index contributed by atoms with van der Waals surface area (Å²) >= 11 is 0. The number of benzene rings is 1. The zero-order chi connectivity index (χ0) is 18.6.